The predicted molar refractivity (Wildman–Crippen MR) is 79.7 cm³/mol. The van der Waals surface area contributed by atoms with Gasteiger partial charge in [0.25, 0.3) is 0 Å². The summed E-state index contributed by atoms with van der Waals surface area (Å²) in [5.74, 6) is -0.902. The summed E-state index contributed by atoms with van der Waals surface area (Å²) in [7, 11) is 0. The Balaban J connectivity index is 2.03. The second kappa shape index (κ2) is 6.60. The Morgan fingerprint density at radius 3 is 2.48 bits per heavy atom. The van der Waals surface area contributed by atoms with E-state index in [0.717, 1.165) is 25.0 Å². The molecule has 0 aromatic heterocycles. The van der Waals surface area contributed by atoms with Crippen molar-refractivity contribution in [1.29, 1.82) is 0 Å². The molecule has 0 radical (unpaired) electrons. The molecule has 0 saturated heterocycles. The molecule has 7 heteroatoms. The van der Waals surface area contributed by atoms with Gasteiger partial charge >= 0.3 is 6.18 Å². The third-order valence-electron chi connectivity index (χ3n) is 3.88. The first-order valence-electron chi connectivity index (χ1n) is 7.56. The molecular weight excluding hydrogens is 309 g/mol. The number of carbonyl (C=O) groups excluding carboxylic acids is 2. The molecule has 1 aromatic rings. The topological polar surface area (TPSA) is 58.2 Å². The minimum absolute atomic E-state index is 0.0393. The van der Waals surface area contributed by atoms with Crippen LogP contribution in [0.5, 0.6) is 0 Å². The Labute approximate surface area is 132 Å². The molecule has 1 fully saturated rings. The summed E-state index contributed by atoms with van der Waals surface area (Å²) in [5.41, 5.74) is -1.94. The quantitative estimate of drug-likeness (QED) is 0.621. The third kappa shape index (κ3) is 4.03. The number of rotatable bonds is 6. The van der Waals surface area contributed by atoms with Crippen molar-refractivity contribution in [3.05, 3.63) is 29.8 Å². The largest absolute Gasteiger partial charge is 0.416 e. The van der Waals surface area contributed by atoms with Gasteiger partial charge in [0.15, 0.2) is 0 Å². The zero-order chi connectivity index (χ0) is 17.1. The molecule has 2 rings (SSSR count). The molecule has 0 spiro atoms. The van der Waals surface area contributed by atoms with Crippen LogP contribution in [0.15, 0.2) is 24.3 Å². The van der Waals surface area contributed by atoms with Gasteiger partial charge < -0.3 is 10.6 Å². The van der Waals surface area contributed by atoms with E-state index in [4.69, 9.17) is 0 Å². The first-order valence-corrected chi connectivity index (χ1v) is 7.56. The average Bonchev–Trinajstić information content (AvgIpc) is 3.28. The summed E-state index contributed by atoms with van der Waals surface area (Å²) in [6.45, 7) is 2.48. The Bertz CT molecular complexity index is 595. The summed E-state index contributed by atoms with van der Waals surface area (Å²) in [6, 6.07) is 4.39. The maximum atomic E-state index is 12.7. The van der Waals surface area contributed by atoms with E-state index in [1.54, 1.807) is 0 Å². The Morgan fingerprint density at radius 2 is 1.91 bits per heavy atom. The monoisotopic (exact) mass is 328 g/mol. The van der Waals surface area contributed by atoms with E-state index >= 15 is 0 Å². The Kier molecular flexibility index (Phi) is 4.97. The Hall–Kier alpha value is -2.05. The highest BCUT2D eigenvalue weighted by Gasteiger charge is 2.56. The fourth-order valence-electron chi connectivity index (χ4n) is 2.25. The van der Waals surface area contributed by atoms with Gasteiger partial charge in [0.2, 0.25) is 11.8 Å². The van der Waals surface area contributed by atoms with Gasteiger partial charge in [-0.15, -0.1) is 0 Å². The fourth-order valence-corrected chi connectivity index (χ4v) is 2.25. The van der Waals surface area contributed by atoms with Crippen LogP contribution in [0.1, 0.15) is 38.2 Å². The molecule has 0 heterocycles. The maximum absolute atomic E-state index is 12.7. The summed E-state index contributed by atoms with van der Waals surface area (Å²) in [6.07, 6.45) is -1.91. The van der Waals surface area contributed by atoms with Crippen LogP contribution in [0.25, 0.3) is 0 Å². The second-order valence-corrected chi connectivity index (χ2v) is 5.72. The van der Waals surface area contributed by atoms with Crippen LogP contribution in [0.2, 0.25) is 0 Å². The SMILES string of the molecule is CCCCNC(=O)C1(C(=O)Nc2cccc(C(F)(F)F)c2)CC1. The standard InChI is InChI=1S/C16H19F3N2O2/c1-2-3-9-20-13(22)15(7-8-15)14(23)21-12-6-4-5-11(10-12)16(17,18)19/h4-6,10H,2-3,7-9H2,1H3,(H,20,22)(H,21,23). The van der Waals surface area contributed by atoms with Gasteiger partial charge in [0, 0.05) is 12.2 Å². The number of hydrogen-bond acceptors (Lipinski definition) is 2. The van der Waals surface area contributed by atoms with E-state index < -0.39 is 23.1 Å². The number of halogens is 3. The molecule has 1 aliphatic carbocycles. The fraction of sp³-hybridized carbons (Fsp3) is 0.500. The van der Waals surface area contributed by atoms with Crippen molar-refractivity contribution in [3.63, 3.8) is 0 Å². The van der Waals surface area contributed by atoms with Gasteiger partial charge in [-0.25, -0.2) is 0 Å². The molecule has 1 saturated carbocycles. The van der Waals surface area contributed by atoms with E-state index in [9.17, 15) is 22.8 Å². The van der Waals surface area contributed by atoms with Gasteiger partial charge in [-0.05, 0) is 37.5 Å². The van der Waals surface area contributed by atoms with Crippen LogP contribution >= 0.6 is 0 Å². The summed E-state index contributed by atoms with van der Waals surface area (Å²) < 4.78 is 38.0. The third-order valence-corrected chi connectivity index (χ3v) is 3.88. The molecule has 4 nitrogen and oxygen atoms in total. The number of benzene rings is 1. The Morgan fingerprint density at radius 1 is 1.22 bits per heavy atom. The molecule has 2 amide bonds. The van der Waals surface area contributed by atoms with Gasteiger partial charge in [0.1, 0.15) is 5.41 Å². The molecule has 0 unspecified atom stereocenters. The molecule has 1 aliphatic rings. The van der Waals surface area contributed by atoms with Crippen molar-refractivity contribution in [2.75, 3.05) is 11.9 Å². The normalized spacial score (nSPS) is 15.8. The number of hydrogen-bond donors (Lipinski definition) is 2. The van der Waals surface area contributed by atoms with Crippen molar-refractivity contribution in [2.45, 2.75) is 38.8 Å². The summed E-state index contributed by atoms with van der Waals surface area (Å²) in [4.78, 5) is 24.4. The van der Waals surface area contributed by atoms with Crippen LogP contribution in [-0.4, -0.2) is 18.4 Å². The van der Waals surface area contributed by atoms with Crippen LogP contribution in [0.3, 0.4) is 0 Å². The van der Waals surface area contributed by atoms with Crippen molar-refractivity contribution in [1.82, 2.24) is 5.32 Å². The second-order valence-electron chi connectivity index (χ2n) is 5.72. The van der Waals surface area contributed by atoms with E-state index in [1.165, 1.54) is 12.1 Å². The number of unbranched alkanes of at least 4 members (excludes halogenated alkanes) is 1. The average molecular weight is 328 g/mol. The van der Waals surface area contributed by atoms with Gasteiger partial charge in [0.05, 0.1) is 5.56 Å². The lowest BCUT2D eigenvalue weighted by molar-refractivity contribution is -0.138. The lowest BCUT2D eigenvalue weighted by Crippen LogP contribution is -2.40. The predicted octanol–water partition coefficient (Wildman–Crippen LogP) is 3.34. The number of anilines is 1. The van der Waals surface area contributed by atoms with Gasteiger partial charge in [-0.2, -0.15) is 13.2 Å². The lowest BCUT2D eigenvalue weighted by atomic mass is 10.0. The van der Waals surface area contributed by atoms with Gasteiger partial charge in [-0.1, -0.05) is 19.4 Å². The van der Waals surface area contributed by atoms with Gasteiger partial charge in [-0.3, -0.25) is 9.59 Å². The molecule has 2 N–H and O–H groups in total. The van der Waals surface area contributed by atoms with Crippen molar-refractivity contribution in [2.24, 2.45) is 5.41 Å². The first-order chi connectivity index (χ1) is 10.8. The zero-order valence-corrected chi connectivity index (χ0v) is 12.8. The lowest BCUT2D eigenvalue weighted by Gasteiger charge is -2.16. The van der Waals surface area contributed by atoms with E-state index in [0.29, 0.717) is 19.4 Å². The van der Waals surface area contributed by atoms with E-state index in [-0.39, 0.29) is 11.6 Å². The molecule has 0 aliphatic heterocycles. The smallest absolute Gasteiger partial charge is 0.355 e. The van der Waals surface area contributed by atoms with Crippen LogP contribution in [0, 0.1) is 5.41 Å². The van der Waals surface area contributed by atoms with Crippen molar-refractivity contribution in [3.8, 4) is 0 Å². The first kappa shape index (κ1) is 17.3. The molecule has 126 valence electrons. The molecule has 1 aromatic carbocycles. The zero-order valence-electron chi connectivity index (χ0n) is 12.8. The minimum Gasteiger partial charge on any atom is -0.355 e. The highest BCUT2D eigenvalue weighted by Crippen LogP contribution is 2.47. The van der Waals surface area contributed by atoms with Crippen molar-refractivity contribution >= 4 is 17.5 Å². The van der Waals surface area contributed by atoms with Crippen LogP contribution in [-0.2, 0) is 15.8 Å². The number of nitrogens with one attached hydrogen (secondary N) is 2. The number of carbonyl (C=O) groups is 2. The highest BCUT2D eigenvalue weighted by atomic mass is 19.4. The molecular formula is C16H19F3N2O2. The van der Waals surface area contributed by atoms with Crippen LogP contribution in [0.4, 0.5) is 18.9 Å². The highest BCUT2D eigenvalue weighted by molar-refractivity contribution is 6.13. The number of alkyl halides is 3. The number of amides is 2. The van der Waals surface area contributed by atoms with Crippen LogP contribution < -0.4 is 10.6 Å². The van der Waals surface area contributed by atoms with Crippen molar-refractivity contribution < 1.29 is 22.8 Å². The maximum Gasteiger partial charge on any atom is 0.416 e. The summed E-state index contributed by atoms with van der Waals surface area (Å²) in [5, 5.41) is 5.14. The molecule has 23 heavy (non-hydrogen) atoms. The van der Waals surface area contributed by atoms with E-state index in [1.807, 2.05) is 6.92 Å². The molecule has 0 atom stereocenters. The molecule has 0 bridgehead atoms. The minimum atomic E-state index is -4.48. The summed E-state index contributed by atoms with van der Waals surface area (Å²) >= 11 is 0. The van der Waals surface area contributed by atoms with E-state index in [2.05, 4.69) is 10.6 Å².